The molecule has 1 heterocycles. The van der Waals surface area contributed by atoms with Gasteiger partial charge in [0.1, 0.15) is 24.1 Å². The zero-order valence-electron chi connectivity index (χ0n) is 33.8. The summed E-state index contributed by atoms with van der Waals surface area (Å²) < 4.78 is 25.7. The molecule has 0 saturated heterocycles. The van der Waals surface area contributed by atoms with Crippen molar-refractivity contribution in [2.45, 2.75) is 74.2 Å². The van der Waals surface area contributed by atoms with E-state index >= 15 is 0 Å². The van der Waals surface area contributed by atoms with Crippen molar-refractivity contribution in [1.82, 2.24) is 4.90 Å². The summed E-state index contributed by atoms with van der Waals surface area (Å²) in [5, 5.41) is 35.7. The number of carbonyl (C=O) groups is 1. The first kappa shape index (κ1) is 43.7. The minimum Gasteiger partial charge on any atom is -0.493 e. The number of oxime groups is 1. The van der Waals surface area contributed by atoms with Gasteiger partial charge < -0.3 is 38.9 Å². The summed E-state index contributed by atoms with van der Waals surface area (Å²) in [7, 11) is 3.00. The Morgan fingerprint density at radius 1 is 1.07 bits per heavy atom. The fraction of sp³-hybridized carbons (Fsp3) is 0.467. The molecule has 0 aromatic heterocycles. The number of fused-ring (bicyclic) bond motifs is 2. The Morgan fingerprint density at radius 3 is 2.51 bits per heavy atom. The molecule has 0 spiro atoms. The number of thioether (sulfide) groups is 1. The molecular weight excluding hydrogens is 775 g/mol. The molecule has 2 N–H and O–H groups in total. The van der Waals surface area contributed by atoms with Crippen LogP contribution in [0, 0.1) is 27.9 Å². The average molecular weight is 830 g/mol. The van der Waals surface area contributed by atoms with Crippen LogP contribution in [0.1, 0.15) is 62.0 Å². The largest absolute Gasteiger partial charge is 0.493 e. The van der Waals surface area contributed by atoms with Gasteiger partial charge in [-0.2, -0.15) is 0 Å². The lowest BCUT2D eigenvalue weighted by atomic mass is 9.55. The number of rotatable bonds is 21. The predicted octanol–water partition coefficient (Wildman–Crippen LogP) is 8.30. The Kier molecular flexibility index (Phi) is 15.5. The Hall–Kier alpha value is -4.89. The smallest absolute Gasteiger partial charge is 0.409 e. The molecule has 6 atom stereocenters. The monoisotopic (exact) mass is 829 g/mol. The molecule has 1 saturated carbocycles. The molecule has 2 aliphatic carbocycles. The quantitative estimate of drug-likeness (QED) is 0.0349. The number of hydrogen-bond acceptors (Lipinski definition) is 12. The summed E-state index contributed by atoms with van der Waals surface area (Å²) in [5.41, 5.74) is 3.15. The molecular formula is C45H55N3O10S. The molecule has 1 amide bonds. The lowest BCUT2D eigenvalue weighted by molar-refractivity contribution is -0.384. The number of non-ortho nitro benzene ring substituents is 1. The molecule has 1 aliphatic heterocycles. The maximum atomic E-state index is 13.4. The third-order valence-corrected chi connectivity index (χ3v) is 12.5. The van der Waals surface area contributed by atoms with Crippen LogP contribution in [0.3, 0.4) is 0 Å². The molecule has 13 nitrogen and oxygen atoms in total. The van der Waals surface area contributed by atoms with Gasteiger partial charge in [-0.1, -0.05) is 48.3 Å². The van der Waals surface area contributed by atoms with Crippen molar-refractivity contribution < 1.29 is 43.7 Å². The molecule has 14 heteroatoms. The van der Waals surface area contributed by atoms with Crippen molar-refractivity contribution >= 4 is 29.3 Å². The van der Waals surface area contributed by atoms with Gasteiger partial charge in [-0.3, -0.25) is 10.1 Å². The Bertz CT molecular complexity index is 1940. The number of methoxy groups -OCH3 is 1. The minimum atomic E-state index is -1.40. The molecule has 1 fully saturated rings. The Morgan fingerprint density at radius 2 is 1.81 bits per heavy atom. The number of aliphatic hydroxyl groups is 2. The number of carbonyl (C=O) groups excluding carboxylic acids is 1. The van der Waals surface area contributed by atoms with E-state index < -0.39 is 28.8 Å². The fourth-order valence-electron chi connectivity index (χ4n) is 8.82. The molecule has 3 aromatic carbocycles. The van der Waals surface area contributed by atoms with Gasteiger partial charge in [-0.25, -0.2) is 4.79 Å². The second kappa shape index (κ2) is 20.9. The highest BCUT2D eigenvalue weighted by atomic mass is 32.2. The average Bonchev–Trinajstić information content (AvgIpc) is 3.25. The van der Waals surface area contributed by atoms with Crippen LogP contribution in [-0.4, -0.2) is 90.0 Å². The van der Waals surface area contributed by atoms with E-state index in [1.54, 1.807) is 37.0 Å². The zero-order chi connectivity index (χ0) is 41.8. The molecule has 6 unspecified atom stereocenters. The molecule has 6 rings (SSSR count). The molecule has 0 radical (unpaired) electrons. The van der Waals surface area contributed by atoms with Crippen molar-refractivity contribution in [2.24, 2.45) is 22.9 Å². The normalized spacial score (nSPS) is 23.6. The van der Waals surface area contributed by atoms with Crippen molar-refractivity contribution in [1.29, 1.82) is 0 Å². The van der Waals surface area contributed by atoms with Gasteiger partial charge in [0, 0.05) is 60.9 Å². The van der Waals surface area contributed by atoms with Crippen LogP contribution in [0.25, 0.3) is 0 Å². The second-order valence-electron chi connectivity index (χ2n) is 15.1. The van der Waals surface area contributed by atoms with Crippen LogP contribution in [0.4, 0.5) is 10.5 Å². The number of nitro groups is 1. The number of likely N-dealkylation sites (N-methyl/N-ethyl adjacent to an activating group) is 1. The number of nitrogens with zero attached hydrogens (tertiary/aromatic N) is 3. The van der Waals surface area contributed by atoms with E-state index in [4.69, 9.17) is 28.9 Å². The highest BCUT2D eigenvalue weighted by molar-refractivity contribution is 7.99. The standard InChI is InChI=1S/C45H55N3O10S/c1-4-24-56-45-41(47(2)44(51)54-3)29-39(46-57-30-31-16-18-33(19-17-31)48(52)53)37-27-32(12-8-10-22-49)36(15-9-11-23-50)42(43(37)45)38-28-34(20-21-40(38)58-45)55-25-26-59-35-13-6-5-7-14-35/h4-7,13-14,16-21,27-28,32,36,41-43,49-50H,1,8-12,15,22-26,29-30H2,2-3H3. The van der Waals surface area contributed by atoms with Gasteiger partial charge in [-0.05, 0) is 91.1 Å². The number of ether oxygens (including phenoxy) is 4. The van der Waals surface area contributed by atoms with Crippen LogP contribution in [0.5, 0.6) is 11.5 Å². The number of nitro benzene ring substituents is 1. The molecule has 3 aliphatic rings. The van der Waals surface area contributed by atoms with Gasteiger partial charge in [0.05, 0.1) is 36.9 Å². The summed E-state index contributed by atoms with van der Waals surface area (Å²) >= 11 is 1.73. The predicted molar refractivity (Wildman–Crippen MR) is 226 cm³/mol. The highest BCUT2D eigenvalue weighted by Crippen LogP contribution is 2.61. The molecule has 59 heavy (non-hydrogen) atoms. The first-order chi connectivity index (χ1) is 28.7. The van der Waals surface area contributed by atoms with E-state index in [2.05, 4.69) is 30.9 Å². The number of aliphatic hydroxyl groups excluding tert-OH is 2. The van der Waals surface area contributed by atoms with E-state index in [1.165, 1.54) is 29.0 Å². The Balaban J connectivity index is 1.46. The molecule has 0 bridgehead atoms. The van der Waals surface area contributed by atoms with Crippen LogP contribution in [0.15, 0.2) is 107 Å². The highest BCUT2D eigenvalue weighted by Gasteiger charge is 2.65. The van der Waals surface area contributed by atoms with Crippen LogP contribution in [0.2, 0.25) is 0 Å². The summed E-state index contributed by atoms with van der Waals surface area (Å²) in [6, 6.07) is 21.5. The Labute approximate surface area is 350 Å². The van der Waals surface area contributed by atoms with Crippen molar-refractivity contribution in [3.05, 3.63) is 118 Å². The summed E-state index contributed by atoms with van der Waals surface area (Å²) in [6.45, 7) is 4.81. The third-order valence-electron chi connectivity index (χ3n) is 11.5. The van der Waals surface area contributed by atoms with Gasteiger partial charge in [0.25, 0.3) is 5.69 Å². The summed E-state index contributed by atoms with van der Waals surface area (Å²) in [5.74, 6) is 0.101. The SMILES string of the molecule is C=CCOC12Oc3ccc(OCCSc4ccccc4)cc3C3C(CCCCO)C(CCCCO)C=C(C(=NOCc4ccc([N+](=O)[O-])cc4)CC1N(C)C(=O)OC)C32. The van der Waals surface area contributed by atoms with Crippen LogP contribution < -0.4 is 9.47 Å². The maximum Gasteiger partial charge on any atom is 0.409 e. The number of allylic oxidation sites excluding steroid dienone is 1. The fourth-order valence-corrected chi connectivity index (χ4v) is 9.58. The van der Waals surface area contributed by atoms with E-state index in [-0.39, 0.29) is 56.3 Å². The number of benzene rings is 3. The summed E-state index contributed by atoms with van der Waals surface area (Å²) in [6.07, 6.45) is 8.07. The number of unbranched alkanes of at least 4 members (excludes halogenated alkanes) is 2. The van der Waals surface area contributed by atoms with E-state index in [9.17, 15) is 25.1 Å². The van der Waals surface area contributed by atoms with E-state index in [0.717, 1.165) is 42.6 Å². The number of hydrogen-bond donors (Lipinski definition) is 2. The van der Waals surface area contributed by atoms with Gasteiger partial charge >= 0.3 is 6.09 Å². The van der Waals surface area contributed by atoms with Crippen molar-refractivity contribution in [2.75, 3.05) is 46.3 Å². The van der Waals surface area contributed by atoms with Crippen molar-refractivity contribution in [3.63, 3.8) is 0 Å². The summed E-state index contributed by atoms with van der Waals surface area (Å²) in [4.78, 5) is 33.0. The second-order valence-corrected chi connectivity index (χ2v) is 16.2. The number of amides is 1. The van der Waals surface area contributed by atoms with E-state index in [0.29, 0.717) is 42.2 Å². The van der Waals surface area contributed by atoms with E-state index in [1.807, 2.05) is 30.3 Å². The van der Waals surface area contributed by atoms with Crippen molar-refractivity contribution in [3.8, 4) is 11.5 Å². The van der Waals surface area contributed by atoms with Gasteiger partial charge in [0.15, 0.2) is 0 Å². The van der Waals surface area contributed by atoms with Gasteiger partial charge in [0.2, 0.25) is 5.79 Å². The van der Waals surface area contributed by atoms with Crippen LogP contribution >= 0.6 is 11.8 Å². The first-order valence-electron chi connectivity index (χ1n) is 20.3. The lowest BCUT2D eigenvalue weighted by Gasteiger charge is -2.59. The van der Waals surface area contributed by atoms with Crippen LogP contribution in [-0.2, 0) is 20.9 Å². The first-order valence-corrected chi connectivity index (χ1v) is 21.3. The lowest BCUT2D eigenvalue weighted by Crippen LogP contribution is -2.69. The minimum absolute atomic E-state index is 0.0201. The zero-order valence-corrected chi connectivity index (χ0v) is 34.6. The van der Waals surface area contributed by atoms with Gasteiger partial charge in [-0.15, -0.1) is 18.3 Å². The topological polar surface area (TPSA) is 162 Å². The molecule has 316 valence electrons. The maximum absolute atomic E-state index is 13.4. The molecule has 3 aromatic rings. The third kappa shape index (κ3) is 10.1.